The molecule has 0 saturated heterocycles. The van der Waals surface area contributed by atoms with E-state index in [4.69, 9.17) is 16.3 Å². The zero-order chi connectivity index (χ0) is 12.4. The van der Waals surface area contributed by atoms with Gasteiger partial charge in [-0.25, -0.2) is 4.98 Å². The Morgan fingerprint density at radius 2 is 2.29 bits per heavy atom. The Bertz CT molecular complexity index is 548. The molecular weight excluding hydrogens is 240 g/mol. The van der Waals surface area contributed by atoms with Crippen LogP contribution in [0.2, 0.25) is 5.15 Å². The Morgan fingerprint density at radius 3 is 2.94 bits per heavy atom. The summed E-state index contributed by atoms with van der Waals surface area (Å²) < 4.78 is 6.79. The van der Waals surface area contributed by atoms with Crippen molar-refractivity contribution >= 4 is 23.2 Å². The summed E-state index contributed by atoms with van der Waals surface area (Å²) in [4.78, 5) is 15.8. The monoisotopic (exact) mass is 252 g/mol. The van der Waals surface area contributed by atoms with Crippen molar-refractivity contribution in [3.05, 3.63) is 35.2 Å². The largest absolute Gasteiger partial charge is 0.463 e. The normalized spacial score (nSPS) is 11.1. The molecule has 0 aliphatic carbocycles. The summed E-state index contributed by atoms with van der Waals surface area (Å²) in [6.07, 6.45) is 1.80. The van der Waals surface area contributed by atoms with Gasteiger partial charge in [-0.2, -0.15) is 0 Å². The smallest absolute Gasteiger partial charge is 0.312 e. The number of pyridine rings is 1. The lowest BCUT2D eigenvalue weighted by Crippen LogP contribution is -2.13. The molecule has 17 heavy (non-hydrogen) atoms. The van der Waals surface area contributed by atoms with Gasteiger partial charge in [0.1, 0.15) is 10.8 Å². The van der Waals surface area contributed by atoms with Gasteiger partial charge in [0.05, 0.1) is 18.2 Å². The lowest BCUT2D eigenvalue weighted by molar-refractivity contribution is -0.146. The summed E-state index contributed by atoms with van der Waals surface area (Å²) in [5.41, 5.74) is 1.38. The van der Waals surface area contributed by atoms with Gasteiger partial charge in [-0.1, -0.05) is 17.7 Å². The first kappa shape index (κ1) is 11.9. The summed E-state index contributed by atoms with van der Waals surface area (Å²) in [6, 6.07) is 5.43. The highest BCUT2D eigenvalue weighted by molar-refractivity contribution is 6.29. The van der Waals surface area contributed by atoms with Crippen molar-refractivity contribution in [3.8, 4) is 0 Å². The molecule has 0 aliphatic heterocycles. The molecular formula is C12H13ClN2O2. The van der Waals surface area contributed by atoms with Gasteiger partial charge in [0.25, 0.3) is 0 Å². The van der Waals surface area contributed by atoms with Crippen LogP contribution in [0.4, 0.5) is 0 Å². The molecule has 90 valence electrons. The third-order valence-corrected chi connectivity index (χ3v) is 2.49. The number of aromatic nitrogens is 2. The predicted octanol–water partition coefficient (Wildman–Crippen LogP) is 2.48. The Balaban J connectivity index is 2.20. The van der Waals surface area contributed by atoms with E-state index in [1.807, 2.05) is 26.0 Å². The first-order valence-corrected chi connectivity index (χ1v) is 5.76. The second-order valence-electron chi connectivity index (χ2n) is 4.02. The van der Waals surface area contributed by atoms with Gasteiger partial charge in [-0.3, -0.25) is 9.20 Å². The average molecular weight is 253 g/mol. The van der Waals surface area contributed by atoms with Crippen molar-refractivity contribution < 1.29 is 9.53 Å². The van der Waals surface area contributed by atoms with Gasteiger partial charge in [0.15, 0.2) is 0 Å². The zero-order valence-corrected chi connectivity index (χ0v) is 10.4. The Hall–Kier alpha value is -1.55. The van der Waals surface area contributed by atoms with Crippen molar-refractivity contribution in [3.63, 3.8) is 0 Å². The van der Waals surface area contributed by atoms with Crippen molar-refractivity contribution in [2.45, 2.75) is 26.4 Å². The van der Waals surface area contributed by atoms with Crippen LogP contribution in [0.25, 0.3) is 5.65 Å². The molecule has 0 amide bonds. The maximum absolute atomic E-state index is 11.5. The van der Waals surface area contributed by atoms with Crippen LogP contribution in [-0.4, -0.2) is 21.5 Å². The Kier molecular flexibility index (Phi) is 3.33. The first-order valence-electron chi connectivity index (χ1n) is 5.38. The number of ether oxygens (including phenoxy) is 1. The maximum atomic E-state index is 11.5. The molecule has 2 aromatic rings. The topological polar surface area (TPSA) is 43.6 Å². The third kappa shape index (κ3) is 2.77. The number of fused-ring (bicyclic) bond motifs is 1. The van der Waals surface area contributed by atoms with E-state index in [1.165, 1.54) is 0 Å². The minimum Gasteiger partial charge on any atom is -0.463 e. The summed E-state index contributed by atoms with van der Waals surface area (Å²) in [5, 5.41) is 0.568. The molecule has 2 heterocycles. The number of halogens is 1. The summed E-state index contributed by atoms with van der Waals surface area (Å²) >= 11 is 6.00. The highest BCUT2D eigenvalue weighted by atomic mass is 35.5. The van der Waals surface area contributed by atoms with Crippen LogP contribution in [0.1, 0.15) is 19.5 Å². The van der Waals surface area contributed by atoms with E-state index >= 15 is 0 Å². The molecule has 0 aliphatic rings. The molecule has 0 saturated carbocycles. The van der Waals surface area contributed by atoms with Crippen LogP contribution in [0.3, 0.4) is 0 Å². The zero-order valence-electron chi connectivity index (χ0n) is 9.68. The SMILES string of the molecule is CC(C)OC(=O)Cc1cn2c(Cl)cccc2n1. The minimum absolute atomic E-state index is 0.108. The lowest BCUT2D eigenvalue weighted by Gasteiger charge is -2.05. The number of hydrogen-bond donors (Lipinski definition) is 0. The van der Waals surface area contributed by atoms with E-state index in [2.05, 4.69) is 4.98 Å². The van der Waals surface area contributed by atoms with Crippen molar-refractivity contribution in [1.82, 2.24) is 9.38 Å². The van der Waals surface area contributed by atoms with Crippen LogP contribution in [0, 0.1) is 0 Å². The molecule has 2 aromatic heterocycles. The van der Waals surface area contributed by atoms with E-state index in [1.54, 1.807) is 16.7 Å². The van der Waals surface area contributed by atoms with Crippen LogP contribution in [-0.2, 0) is 16.0 Å². The number of rotatable bonds is 3. The van der Waals surface area contributed by atoms with Gasteiger partial charge >= 0.3 is 5.97 Å². The molecule has 0 bridgehead atoms. The standard InChI is InChI=1S/C12H13ClN2O2/c1-8(2)17-12(16)6-9-7-15-10(13)4-3-5-11(15)14-9/h3-5,7-8H,6H2,1-2H3. The number of carbonyl (C=O) groups is 1. The number of imidazole rings is 1. The second kappa shape index (κ2) is 4.75. The van der Waals surface area contributed by atoms with Gasteiger partial charge < -0.3 is 4.74 Å². The van der Waals surface area contributed by atoms with E-state index in [9.17, 15) is 4.79 Å². The summed E-state index contributed by atoms with van der Waals surface area (Å²) in [7, 11) is 0. The maximum Gasteiger partial charge on any atom is 0.312 e. The fourth-order valence-electron chi connectivity index (χ4n) is 1.57. The van der Waals surface area contributed by atoms with Crippen molar-refractivity contribution in [1.29, 1.82) is 0 Å². The molecule has 0 aromatic carbocycles. The summed E-state index contributed by atoms with van der Waals surface area (Å²) in [5.74, 6) is -0.278. The molecule has 0 unspecified atom stereocenters. The molecule has 0 radical (unpaired) electrons. The van der Waals surface area contributed by atoms with Gasteiger partial charge in [-0.15, -0.1) is 0 Å². The van der Waals surface area contributed by atoms with E-state index < -0.39 is 0 Å². The minimum atomic E-state index is -0.278. The summed E-state index contributed by atoms with van der Waals surface area (Å²) in [6.45, 7) is 3.64. The van der Waals surface area contributed by atoms with Gasteiger partial charge in [0, 0.05) is 6.20 Å². The number of carbonyl (C=O) groups excluding carboxylic acids is 1. The van der Waals surface area contributed by atoms with Gasteiger partial charge in [0.2, 0.25) is 0 Å². The lowest BCUT2D eigenvalue weighted by atomic mass is 10.3. The molecule has 0 spiro atoms. The second-order valence-corrected chi connectivity index (χ2v) is 4.41. The fraction of sp³-hybridized carbons (Fsp3) is 0.333. The highest BCUT2D eigenvalue weighted by Crippen LogP contribution is 2.14. The Morgan fingerprint density at radius 1 is 1.53 bits per heavy atom. The van der Waals surface area contributed by atoms with E-state index in [0.29, 0.717) is 10.8 Å². The average Bonchev–Trinajstić information content (AvgIpc) is 2.60. The first-order chi connectivity index (χ1) is 8.06. The van der Waals surface area contributed by atoms with Crippen molar-refractivity contribution in [2.75, 3.05) is 0 Å². The molecule has 0 N–H and O–H groups in total. The Labute approximate surface area is 104 Å². The van der Waals surface area contributed by atoms with Crippen LogP contribution in [0.15, 0.2) is 24.4 Å². The third-order valence-electron chi connectivity index (χ3n) is 2.18. The van der Waals surface area contributed by atoms with Crippen LogP contribution in [0.5, 0.6) is 0 Å². The van der Waals surface area contributed by atoms with Crippen molar-refractivity contribution in [2.24, 2.45) is 0 Å². The quantitative estimate of drug-likeness (QED) is 0.623. The molecule has 0 atom stereocenters. The van der Waals surface area contributed by atoms with Crippen LogP contribution < -0.4 is 0 Å². The van der Waals surface area contributed by atoms with E-state index in [-0.39, 0.29) is 18.5 Å². The van der Waals surface area contributed by atoms with Gasteiger partial charge in [-0.05, 0) is 26.0 Å². The number of esters is 1. The number of hydrogen-bond acceptors (Lipinski definition) is 3. The van der Waals surface area contributed by atoms with E-state index in [0.717, 1.165) is 5.65 Å². The fourth-order valence-corrected chi connectivity index (χ4v) is 1.77. The predicted molar refractivity (Wildman–Crippen MR) is 65.1 cm³/mol. The molecule has 0 fully saturated rings. The number of nitrogens with zero attached hydrogens (tertiary/aromatic N) is 2. The molecule has 5 heteroatoms. The van der Waals surface area contributed by atoms with Crippen LogP contribution >= 0.6 is 11.6 Å². The molecule has 4 nitrogen and oxygen atoms in total. The molecule has 2 rings (SSSR count). The highest BCUT2D eigenvalue weighted by Gasteiger charge is 2.10.